The van der Waals surface area contributed by atoms with Crippen LogP contribution < -0.4 is 0 Å². The molecule has 0 atom stereocenters. The molecule has 4 nitrogen and oxygen atoms in total. The zero-order chi connectivity index (χ0) is 23.5. The average molecular weight is 602 g/mol. The van der Waals surface area contributed by atoms with Crippen molar-refractivity contribution >= 4 is 107 Å². The third-order valence-corrected chi connectivity index (χ3v) is 4.35. The lowest BCUT2D eigenvalue weighted by atomic mass is 10.3. The first-order valence-corrected chi connectivity index (χ1v) is 12.7. The molecule has 0 N–H and O–H groups in total. The van der Waals surface area contributed by atoms with Crippen LogP contribution in [0.4, 0.5) is 0 Å². The number of hydrogen-bond donors (Lipinski definition) is 0. The van der Waals surface area contributed by atoms with Crippen LogP contribution in [-0.4, -0.2) is 38.1 Å². The van der Waals surface area contributed by atoms with Gasteiger partial charge in [-0.3, -0.25) is 19.2 Å². The molecule has 0 bridgehead atoms. The first-order chi connectivity index (χ1) is 13.6. The molecule has 0 aliphatic rings. The lowest BCUT2D eigenvalue weighted by Gasteiger charge is -1.88. The van der Waals surface area contributed by atoms with E-state index in [2.05, 4.69) is 15.9 Å². The molecule has 0 unspecified atom stereocenters. The Balaban J connectivity index is -0.000000144. The third-order valence-electron chi connectivity index (χ3n) is 2.50. The van der Waals surface area contributed by atoms with Gasteiger partial charge >= 0.3 is 0 Å². The quantitative estimate of drug-likeness (QED) is 0.123. The lowest BCUT2D eigenvalue weighted by Crippen LogP contribution is -1.85. The molecule has 0 fully saturated rings. The second-order valence-corrected chi connectivity index (χ2v) is 8.49. The fraction of sp³-hybridized carbons (Fsp3) is 0.778. The predicted molar refractivity (Wildman–Crippen MR) is 131 cm³/mol. The van der Waals surface area contributed by atoms with Crippen LogP contribution in [0.25, 0.3) is 0 Å². The summed E-state index contributed by atoms with van der Waals surface area (Å²) in [6.45, 7) is 2.03. The molecular weight excluding hydrogens is 573 g/mol. The van der Waals surface area contributed by atoms with Crippen LogP contribution in [0.5, 0.6) is 0 Å². The minimum Gasteiger partial charge on any atom is -0.281 e. The van der Waals surface area contributed by atoms with Crippen molar-refractivity contribution in [1.29, 1.82) is 0 Å². The van der Waals surface area contributed by atoms with Crippen molar-refractivity contribution in [2.45, 2.75) is 71.1 Å². The van der Waals surface area contributed by atoms with Crippen molar-refractivity contribution in [2.24, 2.45) is 0 Å². The number of carbonyl (C=O) groups excluding carboxylic acids is 4. The molecule has 29 heavy (non-hydrogen) atoms. The van der Waals surface area contributed by atoms with E-state index < -0.39 is 0 Å². The summed E-state index contributed by atoms with van der Waals surface area (Å²) in [6.07, 6.45) is 7.02. The van der Waals surface area contributed by atoms with Gasteiger partial charge in [-0.1, -0.05) is 29.3 Å². The van der Waals surface area contributed by atoms with E-state index >= 15 is 0 Å². The summed E-state index contributed by atoms with van der Waals surface area (Å²) in [4.78, 5) is 39.9. The number of alkyl halides is 3. The normalized spacial score (nSPS) is 8.97. The highest BCUT2D eigenvalue weighted by Gasteiger charge is 1.93. The average Bonchev–Trinajstić information content (AvgIpc) is 2.64. The van der Waals surface area contributed by atoms with Crippen molar-refractivity contribution in [1.82, 2.24) is 0 Å². The molecule has 0 aromatic rings. The number of hydrogen-bond acceptors (Lipinski definition) is 4. The van der Waals surface area contributed by atoms with E-state index in [-0.39, 0.29) is 21.0 Å². The van der Waals surface area contributed by atoms with Gasteiger partial charge in [0.15, 0.2) is 0 Å². The van der Waals surface area contributed by atoms with E-state index in [9.17, 15) is 19.2 Å². The highest BCUT2D eigenvalue weighted by atomic mass is 79.9. The Morgan fingerprint density at radius 2 is 0.931 bits per heavy atom. The molecule has 0 rings (SSSR count). The van der Waals surface area contributed by atoms with Crippen LogP contribution in [0.2, 0.25) is 0 Å². The SMILES string of the molecule is CCCCC(=O)Cl.O=C(Cl)CCCBr.O=C(Cl)CCCCCl.O=C(Cl)CCCCl. The van der Waals surface area contributed by atoms with Crippen LogP contribution in [0.1, 0.15) is 71.1 Å². The van der Waals surface area contributed by atoms with Crippen LogP contribution in [-0.2, 0) is 19.2 Å². The molecule has 0 radical (unpaired) electrons. The standard InChI is InChI=1S/C5H8Cl2O.C5H9ClO.C4H6BrClO.C4H6Cl2O/c6-4-2-1-3-5(7)8;1-2-3-4-5(6)7;2*5-3-1-2-4(6)7/h1-4H2;2-4H2,1H3;2*1-3H2. The van der Waals surface area contributed by atoms with Gasteiger partial charge in [0.05, 0.1) is 0 Å². The molecule has 0 heterocycles. The molecule has 0 saturated heterocycles. The summed E-state index contributed by atoms with van der Waals surface area (Å²) >= 11 is 33.7. The van der Waals surface area contributed by atoms with Crippen LogP contribution in [0, 0.1) is 0 Å². The summed E-state index contributed by atoms with van der Waals surface area (Å²) < 4.78 is 0. The molecule has 174 valence electrons. The summed E-state index contributed by atoms with van der Waals surface area (Å²) in [7, 11) is 0. The van der Waals surface area contributed by atoms with Crippen molar-refractivity contribution < 1.29 is 19.2 Å². The highest BCUT2D eigenvalue weighted by molar-refractivity contribution is 9.09. The number of rotatable bonds is 13. The van der Waals surface area contributed by atoms with Gasteiger partial charge in [-0.05, 0) is 78.5 Å². The maximum Gasteiger partial charge on any atom is 0.221 e. The topological polar surface area (TPSA) is 68.3 Å². The van der Waals surface area contributed by atoms with E-state index in [4.69, 9.17) is 69.6 Å². The summed E-state index contributed by atoms with van der Waals surface area (Å²) in [5.74, 6) is 1.13. The van der Waals surface area contributed by atoms with Gasteiger partial charge in [0, 0.05) is 42.8 Å². The Morgan fingerprint density at radius 1 is 0.586 bits per heavy atom. The van der Waals surface area contributed by atoms with Crippen molar-refractivity contribution in [3.8, 4) is 0 Å². The van der Waals surface area contributed by atoms with E-state index in [1.807, 2.05) is 6.92 Å². The van der Waals surface area contributed by atoms with E-state index in [1.54, 1.807) is 0 Å². The maximum absolute atomic E-state index is 10.0. The smallest absolute Gasteiger partial charge is 0.221 e. The highest BCUT2D eigenvalue weighted by Crippen LogP contribution is 1.99. The Bertz CT molecular complexity index is 369. The number of unbranched alkanes of at least 4 members (excludes halogenated alkanes) is 2. The lowest BCUT2D eigenvalue weighted by molar-refractivity contribution is -0.112. The molecule has 0 aliphatic carbocycles. The second-order valence-electron chi connectivity index (χ2n) is 5.26. The fourth-order valence-electron chi connectivity index (χ4n) is 1.09. The minimum atomic E-state index is -0.305. The van der Waals surface area contributed by atoms with E-state index in [0.29, 0.717) is 43.9 Å². The van der Waals surface area contributed by atoms with Crippen molar-refractivity contribution in [3.05, 3.63) is 0 Å². The Labute approximate surface area is 212 Å². The number of carbonyl (C=O) groups is 4. The van der Waals surface area contributed by atoms with Gasteiger partial charge in [0.1, 0.15) is 0 Å². The molecule has 11 heteroatoms. The van der Waals surface area contributed by atoms with E-state index in [1.165, 1.54) is 0 Å². The fourth-order valence-corrected chi connectivity index (χ4v) is 2.22. The summed E-state index contributed by atoms with van der Waals surface area (Å²) in [6, 6.07) is 0. The molecule has 0 aromatic heterocycles. The molecule has 0 aliphatic heterocycles. The van der Waals surface area contributed by atoms with Crippen LogP contribution >= 0.6 is 85.5 Å². The molecule has 0 spiro atoms. The largest absolute Gasteiger partial charge is 0.281 e. The van der Waals surface area contributed by atoms with Gasteiger partial charge in [-0.15, -0.1) is 23.2 Å². The van der Waals surface area contributed by atoms with Gasteiger partial charge in [-0.2, -0.15) is 0 Å². The first-order valence-electron chi connectivity index (χ1n) is 9.00. The zero-order valence-corrected chi connectivity index (χ0v) is 22.6. The maximum atomic E-state index is 10.0. The Morgan fingerprint density at radius 3 is 1.14 bits per heavy atom. The predicted octanol–water partition coefficient (Wildman–Crippen LogP) is 7.80. The molecule has 0 amide bonds. The molecular formula is C18H29BrCl6O4. The third kappa shape index (κ3) is 65.3. The van der Waals surface area contributed by atoms with Crippen molar-refractivity contribution in [2.75, 3.05) is 17.1 Å². The van der Waals surface area contributed by atoms with E-state index in [0.717, 1.165) is 37.4 Å². The van der Waals surface area contributed by atoms with Gasteiger partial charge in [0.25, 0.3) is 0 Å². The van der Waals surface area contributed by atoms with Gasteiger partial charge < -0.3 is 0 Å². The Hall–Kier alpha value is 0.900. The second kappa shape index (κ2) is 33.5. The summed E-state index contributed by atoms with van der Waals surface area (Å²) in [5.41, 5.74) is 0. The molecule has 0 aromatic carbocycles. The van der Waals surface area contributed by atoms with Crippen molar-refractivity contribution in [3.63, 3.8) is 0 Å². The number of halogens is 7. The van der Waals surface area contributed by atoms with Crippen LogP contribution in [0.15, 0.2) is 0 Å². The first kappa shape index (κ1) is 37.2. The zero-order valence-electron chi connectivity index (χ0n) is 16.5. The molecule has 0 saturated carbocycles. The van der Waals surface area contributed by atoms with Crippen LogP contribution in [0.3, 0.4) is 0 Å². The summed E-state index contributed by atoms with van der Waals surface area (Å²) in [5, 5.41) is -0.192. The Kier molecular flexibility index (Phi) is 43.1. The van der Waals surface area contributed by atoms with Gasteiger partial charge in [0.2, 0.25) is 21.0 Å². The minimum absolute atomic E-state index is 0.221. The monoisotopic (exact) mass is 598 g/mol. The van der Waals surface area contributed by atoms with Gasteiger partial charge in [-0.25, -0.2) is 0 Å².